The first-order valence-corrected chi connectivity index (χ1v) is 5.62. The smallest absolute Gasteiger partial charge is 0.222 e. The predicted molar refractivity (Wildman–Crippen MR) is 66.0 cm³/mol. The average Bonchev–Trinajstić information content (AvgIpc) is 2.26. The Bertz CT molecular complexity index is 343. The molecule has 0 fully saturated rings. The Morgan fingerprint density at radius 3 is 2.19 bits per heavy atom. The number of carbonyl (C=O) groups excluding carboxylic acids is 1. The molecule has 0 saturated carbocycles. The molecule has 1 rings (SSSR count). The van der Waals surface area contributed by atoms with Crippen LogP contribution in [0.15, 0.2) is 24.3 Å². The number of rotatable bonds is 5. The van der Waals surface area contributed by atoms with Gasteiger partial charge in [0, 0.05) is 6.54 Å². The molecular weight excluding hydrogens is 200 g/mol. The largest absolute Gasteiger partial charge is 0.369 e. The van der Waals surface area contributed by atoms with Crippen LogP contribution in [0.5, 0.6) is 0 Å². The molecule has 0 radical (unpaired) electrons. The molecule has 1 aromatic rings. The maximum absolute atomic E-state index is 11.1. The van der Waals surface area contributed by atoms with Gasteiger partial charge in [-0.2, -0.15) is 0 Å². The van der Waals surface area contributed by atoms with Crippen LogP contribution in [0.25, 0.3) is 0 Å². The van der Waals surface area contributed by atoms with Gasteiger partial charge in [0.05, 0.1) is 5.92 Å². The zero-order chi connectivity index (χ0) is 12.1. The lowest BCUT2D eigenvalue weighted by atomic mass is 9.96. The van der Waals surface area contributed by atoms with Crippen LogP contribution in [-0.4, -0.2) is 12.5 Å². The monoisotopic (exact) mass is 220 g/mol. The molecule has 0 saturated heterocycles. The Hall–Kier alpha value is -1.35. The van der Waals surface area contributed by atoms with Crippen LogP contribution in [0.3, 0.4) is 0 Å². The molecule has 3 heteroatoms. The normalized spacial score (nSPS) is 12.8. The van der Waals surface area contributed by atoms with Crippen molar-refractivity contribution in [1.82, 2.24) is 0 Å². The summed E-state index contributed by atoms with van der Waals surface area (Å²) in [5, 5.41) is 0. The van der Waals surface area contributed by atoms with E-state index < -0.39 is 0 Å². The van der Waals surface area contributed by atoms with E-state index in [0.29, 0.717) is 18.9 Å². The van der Waals surface area contributed by atoms with Crippen molar-refractivity contribution in [2.24, 2.45) is 17.4 Å². The summed E-state index contributed by atoms with van der Waals surface area (Å²) in [7, 11) is 0. The minimum Gasteiger partial charge on any atom is -0.369 e. The Morgan fingerprint density at radius 1 is 1.25 bits per heavy atom. The van der Waals surface area contributed by atoms with Gasteiger partial charge in [-0.15, -0.1) is 0 Å². The molecule has 1 amide bonds. The first-order valence-electron chi connectivity index (χ1n) is 5.62. The van der Waals surface area contributed by atoms with E-state index in [1.165, 1.54) is 5.56 Å². The number of nitrogens with two attached hydrogens (primary N) is 2. The number of amides is 1. The van der Waals surface area contributed by atoms with Gasteiger partial charge >= 0.3 is 0 Å². The van der Waals surface area contributed by atoms with Crippen molar-refractivity contribution in [2.45, 2.75) is 26.2 Å². The minimum atomic E-state index is -0.324. The maximum atomic E-state index is 11.1. The molecule has 0 heterocycles. The van der Waals surface area contributed by atoms with Crippen molar-refractivity contribution < 1.29 is 4.79 Å². The lowest BCUT2D eigenvalue weighted by Crippen LogP contribution is -2.31. The number of benzene rings is 1. The summed E-state index contributed by atoms with van der Waals surface area (Å²) in [6.45, 7) is 4.61. The second-order valence-corrected chi connectivity index (χ2v) is 4.44. The highest BCUT2D eigenvalue weighted by Gasteiger charge is 2.13. The van der Waals surface area contributed by atoms with Crippen molar-refractivity contribution in [3.63, 3.8) is 0 Å². The molecule has 1 unspecified atom stereocenters. The summed E-state index contributed by atoms with van der Waals surface area (Å²) < 4.78 is 0. The second-order valence-electron chi connectivity index (χ2n) is 4.44. The molecule has 0 aliphatic heterocycles. The molecule has 16 heavy (non-hydrogen) atoms. The van der Waals surface area contributed by atoms with E-state index in [2.05, 4.69) is 26.0 Å². The lowest BCUT2D eigenvalue weighted by Gasteiger charge is -2.11. The summed E-state index contributed by atoms with van der Waals surface area (Å²) in [6.07, 6.45) is 0.629. The Balaban J connectivity index is 2.71. The van der Waals surface area contributed by atoms with Crippen LogP contribution in [0, 0.1) is 5.92 Å². The molecule has 3 nitrogen and oxygen atoms in total. The van der Waals surface area contributed by atoms with Crippen molar-refractivity contribution in [2.75, 3.05) is 6.54 Å². The highest BCUT2D eigenvalue weighted by atomic mass is 16.1. The topological polar surface area (TPSA) is 69.1 Å². The van der Waals surface area contributed by atoms with Gasteiger partial charge in [0.15, 0.2) is 0 Å². The zero-order valence-corrected chi connectivity index (χ0v) is 9.94. The van der Waals surface area contributed by atoms with Gasteiger partial charge in [-0.3, -0.25) is 4.79 Å². The maximum Gasteiger partial charge on any atom is 0.222 e. The van der Waals surface area contributed by atoms with Crippen LogP contribution in [0.1, 0.15) is 30.9 Å². The molecule has 0 bridgehead atoms. The first kappa shape index (κ1) is 12.7. The standard InChI is InChI=1S/C13H20N2O/c1-9(2)11-5-3-10(4-6-11)7-12(8-14)13(15)16/h3-6,9,12H,7-8,14H2,1-2H3,(H2,15,16). The predicted octanol–water partition coefficient (Wildman–Crippen LogP) is 1.41. The van der Waals surface area contributed by atoms with Crippen molar-refractivity contribution >= 4 is 5.91 Å². The third-order valence-corrected chi connectivity index (χ3v) is 2.82. The van der Waals surface area contributed by atoms with Gasteiger partial charge in [-0.1, -0.05) is 38.1 Å². The first-order chi connectivity index (χ1) is 7.54. The summed E-state index contributed by atoms with van der Waals surface area (Å²) in [5.74, 6) is -0.0594. The van der Waals surface area contributed by atoms with Gasteiger partial charge in [-0.05, 0) is 23.5 Å². The van der Waals surface area contributed by atoms with E-state index >= 15 is 0 Å². The summed E-state index contributed by atoms with van der Waals surface area (Å²) in [5.41, 5.74) is 13.2. The van der Waals surface area contributed by atoms with Crippen LogP contribution in [0.4, 0.5) is 0 Å². The number of carbonyl (C=O) groups is 1. The quantitative estimate of drug-likeness (QED) is 0.787. The van der Waals surface area contributed by atoms with Crippen LogP contribution >= 0.6 is 0 Å². The molecule has 1 atom stereocenters. The zero-order valence-electron chi connectivity index (χ0n) is 9.94. The van der Waals surface area contributed by atoms with Crippen molar-refractivity contribution in [1.29, 1.82) is 0 Å². The van der Waals surface area contributed by atoms with E-state index in [4.69, 9.17) is 11.5 Å². The third kappa shape index (κ3) is 3.35. The minimum absolute atomic E-state index is 0.259. The lowest BCUT2D eigenvalue weighted by molar-refractivity contribution is -0.121. The molecule has 0 aliphatic rings. The van der Waals surface area contributed by atoms with Crippen molar-refractivity contribution in [3.05, 3.63) is 35.4 Å². The van der Waals surface area contributed by atoms with E-state index in [1.54, 1.807) is 0 Å². The number of hydrogen-bond acceptors (Lipinski definition) is 2. The van der Waals surface area contributed by atoms with Gasteiger partial charge in [0.25, 0.3) is 0 Å². The molecule has 1 aromatic carbocycles. The number of hydrogen-bond donors (Lipinski definition) is 2. The van der Waals surface area contributed by atoms with E-state index in [0.717, 1.165) is 5.56 Å². The summed E-state index contributed by atoms with van der Waals surface area (Å²) in [4.78, 5) is 11.1. The molecule has 0 spiro atoms. The second kappa shape index (κ2) is 5.66. The average molecular weight is 220 g/mol. The fraction of sp³-hybridized carbons (Fsp3) is 0.462. The Labute approximate surface area is 96.8 Å². The van der Waals surface area contributed by atoms with Crippen LogP contribution in [-0.2, 0) is 11.2 Å². The molecule has 0 aliphatic carbocycles. The van der Waals surface area contributed by atoms with Gasteiger partial charge in [0.1, 0.15) is 0 Å². The molecule has 88 valence electrons. The van der Waals surface area contributed by atoms with E-state index in [9.17, 15) is 4.79 Å². The molecular formula is C13H20N2O. The highest BCUT2D eigenvalue weighted by molar-refractivity contribution is 5.77. The Kier molecular flexibility index (Phi) is 4.50. The highest BCUT2D eigenvalue weighted by Crippen LogP contribution is 2.16. The van der Waals surface area contributed by atoms with E-state index in [1.807, 2.05) is 12.1 Å². The fourth-order valence-electron chi connectivity index (χ4n) is 1.62. The number of primary amides is 1. The van der Waals surface area contributed by atoms with Crippen molar-refractivity contribution in [3.8, 4) is 0 Å². The molecule has 0 aromatic heterocycles. The van der Waals surface area contributed by atoms with Crippen LogP contribution in [0.2, 0.25) is 0 Å². The third-order valence-electron chi connectivity index (χ3n) is 2.82. The Morgan fingerprint density at radius 2 is 1.81 bits per heavy atom. The van der Waals surface area contributed by atoms with E-state index in [-0.39, 0.29) is 11.8 Å². The fourth-order valence-corrected chi connectivity index (χ4v) is 1.62. The SMILES string of the molecule is CC(C)c1ccc(CC(CN)C(N)=O)cc1. The summed E-state index contributed by atoms with van der Waals surface area (Å²) in [6, 6.07) is 8.27. The van der Waals surface area contributed by atoms with Crippen LogP contribution < -0.4 is 11.5 Å². The van der Waals surface area contributed by atoms with Gasteiger partial charge in [-0.25, -0.2) is 0 Å². The molecule has 4 N–H and O–H groups in total. The van der Waals surface area contributed by atoms with Gasteiger partial charge < -0.3 is 11.5 Å². The van der Waals surface area contributed by atoms with Gasteiger partial charge in [0.2, 0.25) is 5.91 Å². The summed E-state index contributed by atoms with van der Waals surface area (Å²) >= 11 is 0.